The van der Waals surface area contributed by atoms with Gasteiger partial charge in [-0.1, -0.05) is 18.2 Å². The van der Waals surface area contributed by atoms with Gasteiger partial charge >= 0.3 is 0 Å². The Kier molecular flexibility index (Phi) is 5.26. The summed E-state index contributed by atoms with van der Waals surface area (Å²) >= 11 is 0. The SMILES string of the molecule is Cc1cccc(OCC(=O)NCCc2c(C)[nH]c3c(F)ccc(C)c23)c1. The maximum Gasteiger partial charge on any atom is 0.257 e. The molecule has 3 aromatic rings. The lowest BCUT2D eigenvalue weighted by Gasteiger charge is -2.09. The van der Waals surface area contributed by atoms with E-state index in [1.807, 2.05) is 45.0 Å². The standard InChI is InChI=1S/C21H23FN2O2/c1-13-5-4-6-16(11-13)26-12-19(25)23-10-9-17-15(3)24-21-18(22)8-7-14(2)20(17)21/h4-8,11,24H,9-10,12H2,1-3H3,(H,23,25). The number of aromatic nitrogens is 1. The number of H-pyrrole nitrogens is 1. The summed E-state index contributed by atoms with van der Waals surface area (Å²) in [4.78, 5) is 15.1. The van der Waals surface area contributed by atoms with Crippen LogP contribution in [0.3, 0.4) is 0 Å². The molecule has 0 atom stereocenters. The van der Waals surface area contributed by atoms with E-state index in [1.54, 1.807) is 6.07 Å². The molecule has 136 valence electrons. The van der Waals surface area contributed by atoms with Crippen LogP contribution in [0.15, 0.2) is 36.4 Å². The second kappa shape index (κ2) is 7.60. The largest absolute Gasteiger partial charge is 0.484 e. The number of carbonyl (C=O) groups excluding carboxylic acids is 1. The number of benzene rings is 2. The van der Waals surface area contributed by atoms with Gasteiger partial charge in [0, 0.05) is 17.6 Å². The Morgan fingerprint density at radius 1 is 1.19 bits per heavy atom. The van der Waals surface area contributed by atoms with Crippen molar-refractivity contribution in [2.24, 2.45) is 0 Å². The van der Waals surface area contributed by atoms with E-state index >= 15 is 0 Å². The Labute approximate surface area is 152 Å². The average Bonchev–Trinajstić information content (AvgIpc) is 2.94. The van der Waals surface area contributed by atoms with Gasteiger partial charge in [0.2, 0.25) is 0 Å². The number of ether oxygens (including phenoxy) is 1. The van der Waals surface area contributed by atoms with E-state index < -0.39 is 0 Å². The highest BCUT2D eigenvalue weighted by Crippen LogP contribution is 2.27. The molecule has 0 spiro atoms. The Balaban J connectivity index is 1.58. The number of hydrogen-bond donors (Lipinski definition) is 2. The van der Waals surface area contributed by atoms with Crippen molar-refractivity contribution in [1.29, 1.82) is 0 Å². The maximum absolute atomic E-state index is 14.0. The lowest BCUT2D eigenvalue weighted by Crippen LogP contribution is -2.30. The summed E-state index contributed by atoms with van der Waals surface area (Å²) in [7, 11) is 0. The van der Waals surface area contributed by atoms with Gasteiger partial charge in [0.1, 0.15) is 11.6 Å². The van der Waals surface area contributed by atoms with Crippen LogP contribution >= 0.6 is 0 Å². The van der Waals surface area contributed by atoms with Crippen molar-refractivity contribution >= 4 is 16.8 Å². The second-order valence-corrected chi connectivity index (χ2v) is 6.55. The van der Waals surface area contributed by atoms with Gasteiger partial charge in [-0.25, -0.2) is 4.39 Å². The van der Waals surface area contributed by atoms with E-state index in [0.29, 0.717) is 24.2 Å². The zero-order valence-electron chi connectivity index (χ0n) is 15.3. The fourth-order valence-corrected chi connectivity index (χ4v) is 3.19. The number of nitrogens with one attached hydrogen (secondary N) is 2. The molecule has 2 aromatic carbocycles. The maximum atomic E-state index is 14.0. The molecule has 0 unspecified atom stereocenters. The minimum absolute atomic E-state index is 0.0238. The van der Waals surface area contributed by atoms with Crippen molar-refractivity contribution in [3.8, 4) is 5.75 Å². The molecule has 0 saturated heterocycles. The summed E-state index contributed by atoms with van der Waals surface area (Å²) in [6, 6.07) is 10.8. The molecule has 5 heteroatoms. The molecule has 0 fully saturated rings. The quantitative estimate of drug-likeness (QED) is 0.704. The number of amides is 1. The van der Waals surface area contributed by atoms with Crippen LogP contribution in [-0.4, -0.2) is 24.0 Å². The predicted molar refractivity (Wildman–Crippen MR) is 101 cm³/mol. The smallest absolute Gasteiger partial charge is 0.257 e. The zero-order chi connectivity index (χ0) is 18.7. The number of carbonyl (C=O) groups is 1. The molecule has 0 aliphatic heterocycles. The average molecular weight is 354 g/mol. The highest BCUT2D eigenvalue weighted by atomic mass is 19.1. The highest BCUT2D eigenvalue weighted by molar-refractivity contribution is 5.88. The van der Waals surface area contributed by atoms with Crippen LogP contribution in [0.25, 0.3) is 10.9 Å². The third-order valence-corrected chi connectivity index (χ3v) is 4.49. The van der Waals surface area contributed by atoms with Crippen LogP contribution in [0.2, 0.25) is 0 Å². The Hall–Kier alpha value is -2.82. The minimum atomic E-state index is -0.254. The number of halogens is 1. The summed E-state index contributed by atoms with van der Waals surface area (Å²) in [5.41, 5.74) is 4.61. The van der Waals surface area contributed by atoms with Crippen LogP contribution in [-0.2, 0) is 11.2 Å². The Morgan fingerprint density at radius 3 is 2.77 bits per heavy atom. The lowest BCUT2D eigenvalue weighted by atomic mass is 10.0. The Bertz CT molecular complexity index is 947. The van der Waals surface area contributed by atoms with Crippen molar-refractivity contribution < 1.29 is 13.9 Å². The van der Waals surface area contributed by atoms with Crippen molar-refractivity contribution in [2.75, 3.05) is 13.2 Å². The third kappa shape index (κ3) is 3.87. The first-order valence-electron chi connectivity index (χ1n) is 8.68. The highest BCUT2D eigenvalue weighted by Gasteiger charge is 2.14. The van der Waals surface area contributed by atoms with E-state index in [2.05, 4.69) is 10.3 Å². The van der Waals surface area contributed by atoms with Crippen molar-refractivity contribution in [3.63, 3.8) is 0 Å². The van der Waals surface area contributed by atoms with Crippen molar-refractivity contribution in [1.82, 2.24) is 10.3 Å². The molecule has 0 saturated carbocycles. The number of aryl methyl sites for hydroxylation is 3. The van der Waals surface area contributed by atoms with Crippen molar-refractivity contribution in [3.05, 3.63) is 64.6 Å². The fourth-order valence-electron chi connectivity index (χ4n) is 3.19. The zero-order valence-corrected chi connectivity index (χ0v) is 15.3. The van der Waals surface area contributed by atoms with E-state index in [-0.39, 0.29) is 18.3 Å². The molecule has 1 amide bonds. The van der Waals surface area contributed by atoms with Gasteiger partial charge in [-0.15, -0.1) is 0 Å². The number of hydrogen-bond acceptors (Lipinski definition) is 2. The summed E-state index contributed by atoms with van der Waals surface area (Å²) in [6.07, 6.45) is 0.631. The molecule has 4 nitrogen and oxygen atoms in total. The van der Waals surface area contributed by atoms with E-state index in [1.165, 1.54) is 6.07 Å². The molecule has 0 aliphatic rings. The normalized spacial score (nSPS) is 10.9. The lowest BCUT2D eigenvalue weighted by molar-refractivity contribution is -0.123. The van der Waals surface area contributed by atoms with Crippen LogP contribution in [0.5, 0.6) is 5.75 Å². The molecule has 3 rings (SSSR count). The van der Waals surface area contributed by atoms with Crippen LogP contribution in [0.1, 0.15) is 22.4 Å². The third-order valence-electron chi connectivity index (χ3n) is 4.49. The number of rotatable bonds is 6. The van der Waals surface area contributed by atoms with Gasteiger partial charge in [-0.2, -0.15) is 0 Å². The topological polar surface area (TPSA) is 54.1 Å². The Morgan fingerprint density at radius 2 is 2.00 bits per heavy atom. The number of fused-ring (bicyclic) bond motifs is 1. The molecule has 0 aliphatic carbocycles. The van der Waals surface area contributed by atoms with E-state index in [4.69, 9.17) is 4.74 Å². The van der Waals surface area contributed by atoms with Crippen LogP contribution in [0, 0.1) is 26.6 Å². The van der Waals surface area contributed by atoms with Gasteiger partial charge < -0.3 is 15.0 Å². The molecule has 0 radical (unpaired) electrons. The summed E-state index contributed by atoms with van der Waals surface area (Å²) in [6.45, 7) is 6.31. The summed E-state index contributed by atoms with van der Waals surface area (Å²) in [5, 5.41) is 3.77. The van der Waals surface area contributed by atoms with Crippen LogP contribution in [0.4, 0.5) is 4.39 Å². The first-order chi connectivity index (χ1) is 12.5. The predicted octanol–water partition coefficient (Wildman–Crippen LogP) is 3.97. The number of aromatic amines is 1. The van der Waals surface area contributed by atoms with Gasteiger partial charge in [-0.05, 0) is 62.1 Å². The van der Waals surface area contributed by atoms with Gasteiger partial charge in [-0.3, -0.25) is 4.79 Å². The molecule has 0 bridgehead atoms. The molecule has 26 heavy (non-hydrogen) atoms. The molecular formula is C21H23FN2O2. The summed E-state index contributed by atoms with van der Waals surface area (Å²) < 4.78 is 19.5. The second-order valence-electron chi connectivity index (χ2n) is 6.55. The first kappa shape index (κ1) is 18.0. The first-order valence-corrected chi connectivity index (χ1v) is 8.68. The molecule has 1 heterocycles. The molecular weight excluding hydrogens is 331 g/mol. The van der Waals surface area contributed by atoms with E-state index in [9.17, 15) is 9.18 Å². The molecule has 1 aromatic heterocycles. The van der Waals surface area contributed by atoms with E-state index in [0.717, 1.165) is 27.8 Å². The van der Waals surface area contributed by atoms with Crippen LogP contribution < -0.4 is 10.1 Å². The minimum Gasteiger partial charge on any atom is -0.484 e. The van der Waals surface area contributed by atoms with Gasteiger partial charge in [0.25, 0.3) is 5.91 Å². The fraction of sp³-hybridized carbons (Fsp3) is 0.286. The van der Waals surface area contributed by atoms with Gasteiger partial charge in [0.05, 0.1) is 5.52 Å². The molecule has 2 N–H and O–H groups in total. The van der Waals surface area contributed by atoms with Crippen molar-refractivity contribution in [2.45, 2.75) is 27.2 Å². The van der Waals surface area contributed by atoms with Gasteiger partial charge in [0.15, 0.2) is 6.61 Å². The monoisotopic (exact) mass is 354 g/mol. The summed E-state index contributed by atoms with van der Waals surface area (Å²) in [5.74, 6) is 0.251.